The maximum atomic E-state index is 12.4. The molecule has 1 aliphatic heterocycles. The highest BCUT2D eigenvalue weighted by Gasteiger charge is 2.29. The Balaban J connectivity index is 1.78. The van der Waals surface area contributed by atoms with E-state index in [0.717, 1.165) is 38.1 Å². The van der Waals surface area contributed by atoms with Crippen LogP contribution < -0.4 is 0 Å². The molecule has 3 nitrogen and oxygen atoms in total. The molecule has 0 spiro atoms. The standard InChI is InChI=1S/C15H18F3NO2/c16-15(17,18)13-6-4-12(5-7-13)11-21-14(20)10-19-8-2-1-3-9-19/h4-7H,1-3,8-11H2. The predicted octanol–water partition coefficient (Wildman–Crippen LogP) is 3.23. The Morgan fingerprint density at radius 3 is 2.29 bits per heavy atom. The number of ether oxygens (including phenoxy) is 1. The number of alkyl halides is 3. The number of benzene rings is 1. The summed E-state index contributed by atoms with van der Waals surface area (Å²) in [7, 11) is 0. The summed E-state index contributed by atoms with van der Waals surface area (Å²) in [5, 5.41) is 0. The van der Waals surface area contributed by atoms with Crippen molar-refractivity contribution < 1.29 is 22.7 Å². The van der Waals surface area contributed by atoms with Gasteiger partial charge in [0.15, 0.2) is 0 Å². The zero-order valence-electron chi connectivity index (χ0n) is 11.7. The molecule has 1 aromatic carbocycles. The summed E-state index contributed by atoms with van der Waals surface area (Å²) in [4.78, 5) is 13.7. The summed E-state index contributed by atoms with van der Waals surface area (Å²) < 4.78 is 42.3. The molecule has 6 heteroatoms. The maximum Gasteiger partial charge on any atom is 0.416 e. The van der Waals surface area contributed by atoms with E-state index in [2.05, 4.69) is 0 Å². The van der Waals surface area contributed by atoms with Crippen LogP contribution in [0.15, 0.2) is 24.3 Å². The zero-order valence-corrected chi connectivity index (χ0v) is 11.7. The minimum absolute atomic E-state index is 0.00477. The first-order valence-electron chi connectivity index (χ1n) is 6.99. The molecule has 0 aromatic heterocycles. The number of halogens is 3. The van der Waals surface area contributed by atoms with Gasteiger partial charge in [0.05, 0.1) is 12.1 Å². The largest absolute Gasteiger partial charge is 0.460 e. The Labute approximate surface area is 121 Å². The van der Waals surface area contributed by atoms with E-state index in [0.29, 0.717) is 5.56 Å². The molecule has 0 atom stereocenters. The minimum atomic E-state index is -4.34. The summed E-state index contributed by atoms with van der Waals surface area (Å²) in [6.45, 7) is 2.05. The van der Waals surface area contributed by atoms with Gasteiger partial charge in [-0.25, -0.2) is 0 Å². The molecule has 1 heterocycles. The molecule has 0 saturated carbocycles. The number of hydrogen-bond acceptors (Lipinski definition) is 3. The van der Waals surface area contributed by atoms with E-state index in [4.69, 9.17) is 4.74 Å². The summed E-state index contributed by atoms with van der Waals surface area (Å²) in [5.41, 5.74) is -0.152. The third kappa shape index (κ3) is 5.04. The molecule has 0 amide bonds. The zero-order chi connectivity index (χ0) is 15.3. The Morgan fingerprint density at radius 1 is 1.10 bits per heavy atom. The van der Waals surface area contributed by atoms with Crippen LogP contribution in [0.2, 0.25) is 0 Å². The van der Waals surface area contributed by atoms with Gasteiger partial charge in [0.1, 0.15) is 6.61 Å². The van der Waals surface area contributed by atoms with Gasteiger partial charge in [0.25, 0.3) is 0 Å². The Bertz CT molecular complexity index is 465. The Kier molecular flexibility index (Phi) is 5.22. The second kappa shape index (κ2) is 6.93. The fraction of sp³-hybridized carbons (Fsp3) is 0.533. The van der Waals surface area contributed by atoms with Crippen molar-refractivity contribution in [3.05, 3.63) is 35.4 Å². The van der Waals surface area contributed by atoms with Crippen LogP contribution in [0.25, 0.3) is 0 Å². The molecule has 1 aliphatic rings. The Morgan fingerprint density at radius 2 is 1.71 bits per heavy atom. The van der Waals surface area contributed by atoms with Gasteiger partial charge in [-0.05, 0) is 43.6 Å². The van der Waals surface area contributed by atoms with E-state index in [1.807, 2.05) is 4.90 Å². The normalized spacial score (nSPS) is 16.7. The average Bonchev–Trinajstić information content (AvgIpc) is 2.46. The van der Waals surface area contributed by atoms with Crippen molar-refractivity contribution in [1.82, 2.24) is 4.90 Å². The fourth-order valence-electron chi connectivity index (χ4n) is 2.30. The molecule has 0 radical (unpaired) electrons. The van der Waals surface area contributed by atoms with Gasteiger partial charge < -0.3 is 4.74 Å². The summed E-state index contributed by atoms with van der Waals surface area (Å²) >= 11 is 0. The van der Waals surface area contributed by atoms with Crippen molar-refractivity contribution in [1.29, 1.82) is 0 Å². The first-order valence-corrected chi connectivity index (χ1v) is 6.99. The SMILES string of the molecule is O=C(CN1CCCCC1)OCc1ccc(C(F)(F)F)cc1. The second-order valence-electron chi connectivity index (χ2n) is 5.19. The molecular formula is C15H18F3NO2. The number of esters is 1. The summed E-state index contributed by atoms with van der Waals surface area (Å²) in [5.74, 6) is -0.336. The van der Waals surface area contributed by atoms with Crippen molar-refractivity contribution in [2.45, 2.75) is 32.0 Å². The van der Waals surface area contributed by atoms with E-state index in [-0.39, 0.29) is 19.1 Å². The smallest absolute Gasteiger partial charge is 0.416 e. The monoisotopic (exact) mass is 301 g/mol. The fourth-order valence-corrected chi connectivity index (χ4v) is 2.30. The van der Waals surface area contributed by atoms with Crippen molar-refractivity contribution in [3.8, 4) is 0 Å². The topological polar surface area (TPSA) is 29.5 Å². The average molecular weight is 301 g/mol. The Hall–Kier alpha value is -1.56. The molecule has 21 heavy (non-hydrogen) atoms. The molecule has 0 unspecified atom stereocenters. The number of piperidine rings is 1. The van der Waals surface area contributed by atoms with E-state index in [9.17, 15) is 18.0 Å². The maximum absolute atomic E-state index is 12.4. The molecule has 1 fully saturated rings. The minimum Gasteiger partial charge on any atom is -0.460 e. The lowest BCUT2D eigenvalue weighted by atomic mass is 10.1. The van der Waals surface area contributed by atoms with Crippen LogP contribution in [0.3, 0.4) is 0 Å². The highest BCUT2D eigenvalue weighted by Crippen LogP contribution is 2.29. The van der Waals surface area contributed by atoms with Crippen LogP contribution in [0.1, 0.15) is 30.4 Å². The van der Waals surface area contributed by atoms with Crippen molar-refractivity contribution in [3.63, 3.8) is 0 Å². The van der Waals surface area contributed by atoms with Crippen LogP contribution >= 0.6 is 0 Å². The lowest BCUT2D eigenvalue weighted by Crippen LogP contribution is -2.35. The van der Waals surface area contributed by atoms with Crippen LogP contribution in [-0.4, -0.2) is 30.5 Å². The highest BCUT2D eigenvalue weighted by molar-refractivity contribution is 5.71. The molecule has 0 bridgehead atoms. The number of carbonyl (C=O) groups excluding carboxylic acids is 1. The van der Waals surface area contributed by atoms with E-state index in [1.54, 1.807) is 0 Å². The van der Waals surface area contributed by atoms with Gasteiger partial charge in [0.2, 0.25) is 0 Å². The van der Waals surface area contributed by atoms with Gasteiger partial charge in [-0.15, -0.1) is 0 Å². The van der Waals surface area contributed by atoms with E-state index >= 15 is 0 Å². The van der Waals surface area contributed by atoms with E-state index in [1.165, 1.54) is 18.6 Å². The third-order valence-corrected chi connectivity index (χ3v) is 3.48. The third-order valence-electron chi connectivity index (χ3n) is 3.48. The first-order chi connectivity index (χ1) is 9.95. The summed E-state index contributed by atoms with van der Waals surface area (Å²) in [6.07, 6.45) is -0.973. The molecule has 0 aliphatic carbocycles. The number of likely N-dealkylation sites (tertiary alicyclic amines) is 1. The highest BCUT2D eigenvalue weighted by atomic mass is 19.4. The lowest BCUT2D eigenvalue weighted by Gasteiger charge is -2.25. The van der Waals surface area contributed by atoms with Crippen LogP contribution in [0.5, 0.6) is 0 Å². The number of nitrogens with zero attached hydrogens (tertiary/aromatic N) is 1. The van der Waals surface area contributed by atoms with Gasteiger partial charge >= 0.3 is 12.1 Å². The van der Waals surface area contributed by atoms with Gasteiger partial charge in [-0.1, -0.05) is 18.6 Å². The van der Waals surface area contributed by atoms with E-state index < -0.39 is 11.7 Å². The van der Waals surface area contributed by atoms with Crippen LogP contribution in [0.4, 0.5) is 13.2 Å². The first kappa shape index (κ1) is 15.8. The molecular weight excluding hydrogens is 283 g/mol. The molecule has 0 N–H and O–H groups in total. The second-order valence-corrected chi connectivity index (χ2v) is 5.19. The molecule has 1 aromatic rings. The molecule has 1 saturated heterocycles. The van der Waals surface area contributed by atoms with Crippen LogP contribution in [0, 0.1) is 0 Å². The predicted molar refractivity (Wildman–Crippen MR) is 71.5 cm³/mol. The van der Waals surface area contributed by atoms with Gasteiger partial charge in [0, 0.05) is 0 Å². The van der Waals surface area contributed by atoms with Crippen molar-refractivity contribution in [2.24, 2.45) is 0 Å². The number of rotatable bonds is 4. The van der Waals surface area contributed by atoms with Crippen molar-refractivity contribution >= 4 is 5.97 Å². The van der Waals surface area contributed by atoms with Crippen molar-refractivity contribution in [2.75, 3.05) is 19.6 Å². The summed E-state index contributed by atoms with van der Waals surface area (Å²) in [6, 6.07) is 4.65. The lowest BCUT2D eigenvalue weighted by molar-refractivity contribution is -0.146. The van der Waals surface area contributed by atoms with Crippen LogP contribution in [-0.2, 0) is 22.3 Å². The number of carbonyl (C=O) groups is 1. The quantitative estimate of drug-likeness (QED) is 0.800. The number of hydrogen-bond donors (Lipinski definition) is 0. The molecule has 2 rings (SSSR count). The van der Waals surface area contributed by atoms with Gasteiger partial charge in [-0.2, -0.15) is 13.2 Å². The molecule has 116 valence electrons. The van der Waals surface area contributed by atoms with Gasteiger partial charge in [-0.3, -0.25) is 9.69 Å².